The summed E-state index contributed by atoms with van der Waals surface area (Å²) in [6, 6.07) is 1.86. The van der Waals surface area contributed by atoms with Crippen LogP contribution in [0, 0.1) is 6.92 Å². The molecule has 0 aromatic carbocycles. The van der Waals surface area contributed by atoms with Crippen LogP contribution in [0.4, 0.5) is 17.6 Å². The van der Waals surface area contributed by atoms with Gasteiger partial charge < -0.3 is 15.6 Å². The molecule has 3 rings (SSSR count). The zero-order chi connectivity index (χ0) is 15.4. The second kappa shape index (κ2) is 6.44. The predicted molar refractivity (Wildman–Crippen MR) is 84.4 cm³/mol. The summed E-state index contributed by atoms with van der Waals surface area (Å²) in [6.07, 6.45) is 5.79. The van der Waals surface area contributed by atoms with Crippen LogP contribution in [-0.2, 0) is 6.42 Å². The highest BCUT2D eigenvalue weighted by Crippen LogP contribution is 2.22. The number of halogens is 1. The van der Waals surface area contributed by atoms with Crippen molar-refractivity contribution in [3.63, 3.8) is 0 Å². The molecule has 0 aliphatic rings. The molecule has 0 atom stereocenters. The minimum atomic E-state index is 0.430. The van der Waals surface area contributed by atoms with Crippen LogP contribution in [0.5, 0.6) is 0 Å². The van der Waals surface area contributed by atoms with Crippen molar-refractivity contribution in [2.24, 2.45) is 0 Å². The molecule has 114 valence electrons. The highest BCUT2D eigenvalue weighted by Gasteiger charge is 2.07. The summed E-state index contributed by atoms with van der Waals surface area (Å²) in [5.41, 5.74) is 2.00. The van der Waals surface area contributed by atoms with Crippen molar-refractivity contribution >= 4 is 29.2 Å². The molecule has 8 nitrogen and oxygen atoms in total. The van der Waals surface area contributed by atoms with Gasteiger partial charge in [-0.25, -0.2) is 9.97 Å². The number of nitrogens with one attached hydrogen (secondary N) is 4. The van der Waals surface area contributed by atoms with Gasteiger partial charge in [-0.15, -0.1) is 0 Å². The van der Waals surface area contributed by atoms with Gasteiger partial charge in [-0.2, -0.15) is 10.1 Å². The maximum atomic E-state index is 6.10. The van der Waals surface area contributed by atoms with Crippen molar-refractivity contribution in [3.8, 4) is 0 Å². The van der Waals surface area contributed by atoms with Crippen molar-refractivity contribution in [1.82, 2.24) is 30.1 Å². The maximum Gasteiger partial charge on any atom is 0.224 e. The molecule has 0 aliphatic carbocycles. The Hall–Kier alpha value is -2.61. The SMILES string of the molecule is Cc1cc(Nc2nc(NCCc3cnc[nH]3)ncc2Cl)n[nH]1. The summed E-state index contributed by atoms with van der Waals surface area (Å²) >= 11 is 6.10. The Balaban J connectivity index is 1.64. The van der Waals surface area contributed by atoms with Crippen molar-refractivity contribution < 1.29 is 0 Å². The van der Waals surface area contributed by atoms with E-state index in [0.717, 1.165) is 17.8 Å². The van der Waals surface area contributed by atoms with E-state index in [9.17, 15) is 0 Å². The van der Waals surface area contributed by atoms with Gasteiger partial charge in [0.1, 0.15) is 5.02 Å². The number of H-pyrrole nitrogens is 2. The fourth-order valence-electron chi connectivity index (χ4n) is 1.87. The molecular formula is C13H15ClN8. The molecular weight excluding hydrogens is 304 g/mol. The van der Waals surface area contributed by atoms with E-state index in [0.29, 0.717) is 29.2 Å². The molecule has 3 aromatic heterocycles. The number of aromatic amines is 2. The van der Waals surface area contributed by atoms with Gasteiger partial charge in [0.25, 0.3) is 0 Å². The molecule has 0 bridgehead atoms. The first kappa shape index (κ1) is 14.3. The minimum Gasteiger partial charge on any atom is -0.354 e. The van der Waals surface area contributed by atoms with E-state index < -0.39 is 0 Å². The van der Waals surface area contributed by atoms with E-state index >= 15 is 0 Å². The number of nitrogens with zero attached hydrogens (tertiary/aromatic N) is 4. The molecule has 0 amide bonds. The number of aromatic nitrogens is 6. The normalized spacial score (nSPS) is 10.6. The van der Waals surface area contributed by atoms with Crippen molar-refractivity contribution in [1.29, 1.82) is 0 Å². The first-order chi connectivity index (χ1) is 10.7. The molecule has 22 heavy (non-hydrogen) atoms. The van der Waals surface area contributed by atoms with Gasteiger partial charge in [-0.1, -0.05) is 11.6 Å². The van der Waals surface area contributed by atoms with Crippen LogP contribution in [0.25, 0.3) is 0 Å². The van der Waals surface area contributed by atoms with E-state index in [1.807, 2.05) is 13.0 Å². The Kier molecular flexibility index (Phi) is 4.19. The summed E-state index contributed by atoms with van der Waals surface area (Å²) in [5, 5.41) is 13.6. The Bertz CT molecular complexity index is 736. The van der Waals surface area contributed by atoms with Crippen LogP contribution < -0.4 is 10.6 Å². The zero-order valence-electron chi connectivity index (χ0n) is 11.9. The molecule has 0 radical (unpaired) electrons. The highest BCUT2D eigenvalue weighted by atomic mass is 35.5. The number of hydrogen-bond acceptors (Lipinski definition) is 6. The summed E-state index contributed by atoms with van der Waals surface area (Å²) in [5.74, 6) is 1.66. The number of anilines is 3. The molecule has 0 unspecified atom stereocenters. The Morgan fingerprint density at radius 2 is 2.23 bits per heavy atom. The lowest BCUT2D eigenvalue weighted by Crippen LogP contribution is -2.09. The quantitative estimate of drug-likeness (QED) is 0.555. The standard InChI is InChI=1S/C13H15ClN8/c1-8-4-11(22-21-8)19-12-10(14)6-17-13(20-12)16-3-2-9-5-15-7-18-9/h4-7H,2-3H2,1H3,(H,15,18)(H3,16,17,19,20,21,22). The molecule has 9 heteroatoms. The summed E-state index contributed by atoms with van der Waals surface area (Å²) in [7, 11) is 0. The third-order valence-electron chi connectivity index (χ3n) is 2.93. The number of rotatable bonds is 6. The largest absolute Gasteiger partial charge is 0.354 e. The van der Waals surface area contributed by atoms with E-state index in [2.05, 4.69) is 40.8 Å². The summed E-state index contributed by atoms with van der Waals surface area (Å²) in [6.45, 7) is 2.60. The van der Waals surface area contributed by atoms with Gasteiger partial charge in [-0.05, 0) is 6.92 Å². The average Bonchev–Trinajstić information content (AvgIpc) is 3.14. The Labute approximate surface area is 131 Å². The molecule has 0 saturated carbocycles. The van der Waals surface area contributed by atoms with Gasteiger partial charge >= 0.3 is 0 Å². The average molecular weight is 319 g/mol. The first-order valence-corrected chi connectivity index (χ1v) is 7.11. The van der Waals surface area contributed by atoms with Crippen molar-refractivity contribution in [3.05, 3.63) is 41.2 Å². The molecule has 4 N–H and O–H groups in total. The molecule has 0 aliphatic heterocycles. The minimum absolute atomic E-state index is 0.430. The van der Waals surface area contributed by atoms with Gasteiger partial charge in [0, 0.05) is 36.6 Å². The number of aryl methyl sites for hydroxylation is 1. The lowest BCUT2D eigenvalue weighted by atomic mass is 10.3. The topological polar surface area (TPSA) is 107 Å². The third-order valence-corrected chi connectivity index (χ3v) is 3.21. The smallest absolute Gasteiger partial charge is 0.224 e. The number of hydrogen-bond donors (Lipinski definition) is 4. The van der Waals surface area contributed by atoms with Crippen LogP contribution >= 0.6 is 11.6 Å². The Morgan fingerprint density at radius 3 is 2.95 bits per heavy atom. The Morgan fingerprint density at radius 1 is 1.32 bits per heavy atom. The third kappa shape index (κ3) is 3.53. The molecule has 0 fully saturated rings. The van der Waals surface area contributed by atoms with E-state index in [1.165, 1.54) is 0 Å². The second-order valence-corrected chi connectivity index (χ2v) is 5.11. The highest BCUT2D eigenvalue weighted by molar-refractivity contribution is 6.32. The molecule has 3 aromatic rings. The van der Waals surface area contributed by atoms with Crippen LogP contribution in [0.15, 0.2) is 24.8 Å². The van der Waals surface area contributed by atoms with E-state index in [-0.39, 0.29) is 0 Å². The molecule has 0 saturated heterocycles. The van der Waals surface area contributed by atoms with E-state index in [1.54, 1.807) is 18.7 Å². The summed E-state index contributed by atoms with van der Waals surface area (Å²) in [4.78, 5) is 15.5. The monoisotopic (exact) mass is 318 g/mol. The zero-order valence-corrected chi connectivity index (χ0v) is 12.6. The molecule has 3 heterocycles. The van der Waals surface area contributed by atoms with Gasteiger partial charge in [0.05, 0.1) is 12.5 Å². The van der Waals surface area contributed by atoms with Crippen LogP contribution in [0.1, 0.15) is 11.4 Å². The van der Waals surface area contributed by atoms with Crippen LogP contribution in [-0.4, -0.2) is 36.7 Å². The van der Waals surface area contributed by atoms with Crippen LogP contribution in [0.2, 0.25) is 5.02 Å². The summed E-state index contributed by atoms with van der Waals surface area (Å²) < 4.78 is 0. The van der Waals surface area contributed by atoms with Gasteiger partial charge in [0.15, 0.2) is 11.6 Å². The van der Waals surface area contributed by atoms with Crippen LogP contribution in [0.3, 0.4) is 0 Å². The lowest BCUT2D eigenvalue weighted by Gasteiger charge is -2.08. The van der Waals surface area contributed by atoms with Crippen molar-refractivity contribution in [2.45, 2.75) is 13.3 Å². The van der Waals surface area contributed by atoms with Gasteiger partial charge in [0.2, 0.25) is 5.95 Å². The van der Waals surface area contributed by atoms with E-state index in [4.69, 9.17) is 11.6 Å². The fraction of sp³-hybridized carbons (Fsp3) is 0.231. The predicted octanol–water partition coefficient (Wildman–Crippen LogP) is 2.28. The fourth-order valence-corrected chi connectivity index (χ4v) is 2.01. The lowest BCUT2D eigenvalue weighted by molar-refractivity contribution is 0.953. The molecule has 0 spiro atoms. The van der Waals surface area contributed by atoms with Gasteiger partial charge in [-0.3, -0.25) is 5.10 Å². The first-order valence-electron chi connectivity index (χ1n) is 6.73. The number of imidazole rings is 1. The second-order valence-electron chi connectivity index (χ2n) is 4.70. The maximum absolute atomic E-state index is 6.10. The van der Waals surface area contributed by atoms with Crippen molar-refractivity contribution in [2.75, 3.05) is 17.2 Å².